The number of aromatic nitrogens is 6. The average molecular weight is 276 g/mol. The molecule has 0 N–H and O–H groups in total. The molecule has 90 valence electrons. The molecule has 3 aromatic rings. The summed E-state index contributed by atoms with van der Waals surface area (Å²) >= 11 is 3.02. The van der Waals surface area contributed by atoms with Crippen LogP contribution in [-0.2, 0) is 0 Å². The highest BCUT2D eigenvalue weighted by atomic mass is 32.2. The van der Waals surface area contributed by atoms with Gasteiger partial charge in [0.2, 0.25) is 5.16 Å². The summed E-state index contributed by atoms with van der Waals surface area (Å²) in [6.45, 7) is 1.96. The van der Waals surface area contributed by atoms with Gasteiger partial charge < -0.3 is 0 Å². The minimum atomic E-state index is 0.678. The molecule has 0 aliphatic heterocycles. The average Bonchev–Trinajstić information content (AvgIpc) is 3.00. The molecule has 0 aromatic carbocycles. The maximum Gasteiger partial charge on any atom is 0.221 e. The van der Waals surface area contributed by atoms with E-state index in [2.05, 4.69) is 25.5 Å². The van der Waals surface area contributed by atoms with E-state index in [1.165, 1.54) is 11.8 Å². The summed E-state index contributed by atoms with van der Waals surface area (Å²) in [7, 11) is 0. The van der Waals surface area contributed by atoms with Crippen LogP contribution in [0.25, 0.3) is 5.69 Å². The zero-order valence-electron chi connectivity index (χ0n) is 9.39. The fraction of sp³-hybridized carbons (Fsp3) is 0.100. The highest BCUT2D eigenvalue weighted by molar-refractivity contribution is 8.00. The number of hydrogen-bond acceptors (Lipinski definition) is 7. The molecule has 0 unspecified atom stereocenters. The largest absolute Gasteiger partial charge is 0.262 e. The smallest absolute Gasteiger partial charge is 0.221 e. The third kappa shape index (κ3) is 2.24. The fourth-order valence-electron chi connectivity index (χ4n) is 1.34. The van der Waals surface area contributed by atoms with E-state index in [-0.39, 0.29) is 0 Å². The normalized spacial score (nSPS) is 10.7. The highest BCUT2D eigenvalue weighted by Crippen LogP contribution is 2.29. The molecule has 8 heteroatoms. The van der Waals surface area contributed by atoms with Crippen molar-refractivity contribution in [2.75, 3.05) is 0 Å². The van der Waals surface area contributed by atoms with E-state index < -0.39 is 0 Å². The Bertz CT molecular complexity index is 647. The van der Waals surface area contributed by atoms with Crippen molar-refractivity contribution >= 4 is 23.1 Å². The van der Waals surface area contributed by atoms with Gasteiger partial charge in [0.1, 0.15) is 0 Å². The van der Waals surface area contributed by atoms with Crippen molar-refractivity contribution in [3.8, 4) is 5.69 Å². The lowest BCUT2D eigenvalue weighted by atomic mass is 10.4. The fourth-order valence-corrected chi connectivity index (χ4v) is 3.07. The van der Waals surface area contributed by atoms with Crippen molar-refractivity contribution in [1.29, 1.82) is 0 Å². The molecule has 0 aliphatic carbocycles. The first-order valence-corrected chi connectivity index (χ1v) is 6.81. The van der Waals surface area contributed by atoms with Gasteiger partial charge >= 0.3 is 0 Å². The maximum absolute atomic E-state index is 4.38. The second-order valence-corrected chi connectivity index (χ2v) is 5.51. The van der Waals surface area contributed by atoms with Crippen LogP contribution >= 0.6 is 23.1 Å². The monoisotopic (exact) mass is 276 g/mol. The molecule has 0 saturated carbocycles. The Morgan fingerprint density at radius 3 is 3.06 bits per heavy atom. The third-order valence-corrected chi connectivity index (χ3v) is 4.10. The molecular weight excluding hydrogens is 268 g/mol. The van der Waals surface area contributed by atoms with Crippen molar-refractivity contribution in [1.82, 2.24) is 30.2 Å². The van der Waals surface area contributed by atoms with Gasteiger partial charge in [0.15, 0.2) is 4.34 Å². The van der Waals surface area contributed by atoms with Gasteiger partial charge in [0, 0.05) is 17.3 Å². The number of nitrogens with zero attached hydrogens (tertiary/aromatic N) is 6. The van der Waals surface area contributed by atoms with E-state index in [0.717, 1.165) is 15.7 Å². The lowest BCUT2D eigenvalue weighted by Crippen LogP contribution is -1.98. The van der Waals surface area contributed by atoms with Crippen LogP contribution in [0, 0.1) is 6.92 Å². The Kier molecular flexibility index (Phi) is 3.03. The van der Waals surface area contributed by atoms with E-state index in [4.69, 9.17) is 0 Å². The van der Waals surface area contributed by atoms with E-state index in [1.807, 2.05) is 24.4 Å². The van der Waals surface area contributed by atoms with Crippen LogP contribution in [0.4, 0.5) is 0 Å². The zero-order valence-corrected chi connectivity index (χ0v) is 11.0. The Morgan fingerprint density at radius 2 is 2.33 bits per heavy atom. The minimum absolute atomic E-state index is 0.678. The first-order valence-electron chi connectivity index (χ1n) is 5.12. The predicted octanol–water partition coefficient (Wildman–Crippen LogP) is 1.97. The molecule has 18 heavy (non-hydrogen) atoms. The topological polar surface area (TPSA) is 69.4 Å². The quantitative estimate of drug-likeness (QED) is 0.728. The number of thiazole rings is 1. The number of pyridine rings is 1. The van der Waals surface area contributed by atoms with Crippen molar-refractivity contribution in [3.05, 3.63) is 35.6 Å². The van der Waals surface area contributed by atoms with E-state index in [9.17, 15) is 0 Å². The summed E-state index contributed by atoms with van der Waals surface area (Å²) in [5, 5.41) is 14.3. The van der Waals surface area contributed by atoms with E-state index in [0.29, 0.717) is 5.16 Å². The van der Waals surface area contributed by atoms with Crippen molar-refractivity contribution in [2.24, 2.45) is 0 Å². The van der Waals surface area contributed by atoms with Crippen molar-refractivity contribution < 1.29 is 0 Å². The molecule has 0 aliphatic rings. The molecule has 0 atom stereocenters. The first kappa shape index (κ1) is 11.3. The van der Waals surface area contributed by atoms with Crippen LogP contribution in [-0.4, -0.2) is 30.2 Å². The molecule has 6 nitrogen and oxygen atoms in total. The number of hydrogen-bond donors (Lipinski definition) is 0. The number of rotatable bonds is 3. The van der Waals surface area contributed by atoms with Gasteiger partial charge in [-0.25, -0.2) is 4.98 Å². The molecule has 0 amide bonds. The Balaban J connectivity index is 1.93. The Labute approximate surface area is 111 Å². The Morgan fingerprint density at radius 1 is 1.39 bits per heavy atom. The van der Waals surface area contributed by atoms with Crippen molar-refractivity contribution in [2.45, 2.75) is 16.4 Å². The highest BCUT2D eigenvalue weighted by Gasteiger charge is 2.11. The summed E-state index contributed by atoms with van der Waals surface area (Å²) in [6.07, 6.45) is 3.43. The molecule has 0 saturated heterocycles. The maximum atomic E-state index is 4.38. The minimum Gasteiger partial charge on any atom is -0.262 e. The first-order chi connectivity index (χ1) is 8.83. The van der Waals surface area contributed by atoms with Gasteiger partial charge in [-0.1, -0.05) is 0 Å². The van der Waals surface area contributed by atoms with Gasteiger partial charge in [0.25, 0.3) is 0 Å². The standard InChI is InChI=1S/C10H8N6S2/c1-7-6-17-10(12-7)18-9-13-14-15-16(9)8-3-2-4-11-5-8/h2-6H,1H3. The molecular formula is C10H8N6S2. The number of tetrazole rings is 1. The molecule has 3 heterocycles. The Hall–Kier alpha value is -1.80. The van der Waals surface area contributed by atoms with Crippen molar-refractivity contribution in [3.63, 3.8) is 0 Å². The molecule has 3 aromatic heterocycles. The van der Waals surface area contributed by atoms with Crippen LogP contribution in [0.3, 0.4) is 0 Å². The van der Waals surface area contributed by atoms with Crippen LogP contribution in [0.5, 0.6) is 0 Å². The van der Waals surface area contributed by atoms with Gasteiger partial charge in [-0.15, -0.1) is 16.4 Å². The predicted molar refractivity (Wildman–Crippen MR) is 67.9 cm³/mol. The summed E-state index contributed by atoms with van der Waals surface area (Å²) < 4.78 is 2.57. The second-order valence-electron chi connectivity index (χ2n) is 3.44. The summed E-state index contributed by atoms with van der Waals surface area (Å²) in [4.78, 5) is 8.43. The summed E-state index contributed by atoms with van der Waals surface area (Å²) in [5.41, 5.74) is 1.83. The van der Waals surface area contributed by atoms with Crippen LogP contribution in [0.1, 0.15) is 5.69 Å². The molecule has 0 spiro atoms. The van der Waals surface area contributed by atoms with E-state index in [1.54, 1.807) is 28.4 Å². The zero-order chi connectivity index (χ0) is 12.4. The van der Waals surface area contributed by atoms with Gasteiger partial charge in [-0.2, -0.15) is 4.68 Å². The lowest BCUT2D eigenvalue weighted by Gasteiger charge is -2.00. The summed E-state index contributed by atoms with van der Waals surface area (Å²) in [5.74, 6) is 0. The SMILES string of the molecule is Cc1csc(Sc2nnnn2-c2cccnc2)n1. The van der Waals surface area contributed by atoms with Gasteiger partial charge in [-0.3, -0.25) is 4.98 Å². The van der Waals surface area contributed by atoms with E-state index >= 15 is 0 Å². The second kappa shape index (κ2) is 4.83. The summed E-state index contributed by atoms with van der Waals surface area (Å²) in [6, 6.07) is 3.75. The third-order valence-electron chi connectivity index (χ3n) is 2.11. The van der Waals surface area contributed by atoms with Crippen LogP contribution < -0.4 is 0 Å². The molecule has 0 bridgehead atoms. The molecule has 3 rings (SSSR count). The molecule has 0 radical (unpaired) electrons. The number of aryl methyl sites for hydroxylation is 1. The molecule has 0 fully saturated rings. The van der Waals surface area contributed by atoms with Crippen LogP contribution in [0.2, 0.25) is 0 Å². The van der Waals surface area contributed by atoms with Gasteiger partial charge in [-0.05, 0) is 41.2 Å². The van der Waals surface area contributed by atoms with Crippen LogP contribution in [0.15, 0.2) is 39.4 Å². The van der Waals surface area contributed by atoms with Gasteiger partial charge in [0.05, 0.1) is 11.9 Å². The lowest BCUT2D eigenvalue weighted by molar-refractivity contribution is 0.753.